The van der Waals surface area contributed by atoms with Gasteiger partial charge in [-0.2, -0.15) is 8.78 Å². The van der Waals surface area contributed by atoms with Crippen LogP contribution in [0.15, 0.2) is 18.3 Å². The van der Waals surface area contributed by atoms with Crippen molar-refractivity contribution in [2.75, 3.05) is 11.1 Å². The Morgan fingerprint density at radius 2 is 2.21 bits per heavy atom. The average molecular weight is 201 g/mol. The molecule has 0 aliphatic carbocycles. The van der Waals surface area contributed by atoms with Crippen molar-refractivity contribution in [1.82, 2.24) is 4.98 Å². The van der Waals surface area contributed by atoms with Gasteiger partial charge in [0.2, 0.25) is 0 Å². The predicted octanol–water partition coefficient (Wildman–Crippen LogP) is 1.26. The molecule has 0 radical (unpaired) electrons. The zero-order valence-corrected chi connectivity index (χ0v) is 7.42. The van der Waals surface area contributed by atoms with Crippen LogP contribution in [0.1, 0.15) is 6.92 Å². The molecular formula is C8H9F2N3O. The number of nitrogens with zero attached hydrogens (tertiary/aromatic N) is 1. The number of nitrogens with one attached hydrogen (secondary N) is 1. The summed E-state index contributed by atoms with van der Waals surface area (Å²) in [6, 6.07) is 2.80. The van der Waals surface area contributed by atoms with Gasteiger partial charge in [-0.15, -0.1) is 0 Å². The van der Waals surface area contributed by atoms with Crippen LogP contribution in [0.3, 0.4) is 0 Å². The molecule has 0 atom stereocenters. The smallest absolute Gasteiger partial charge is 0.322 e. The van der Waals surface area contributed by atoms with Gasteiger partial charge >= 0.3 is 5.92 Å². The highest BCUT2D eigenvalue weighted by Gasteiger charge is 2.32. The SMILES string of the molecule is CC(F)(F)C(=O)Nc1ccc(N)nc1. The molecule has 14 heavy (non-hydrogen) atoms. The topological polar surface area (TPSA) is 68.0 Å². The van der Waals surface area contributed by atoms with Crippen LogP contribution in [-0.4, -0.2) is 16.8 Å². The van der Waals surface area contributed by atoms with Gasteiger partial charge in [-0.25, -0.2) is 4.98 Å². The number of halogens is 2. The number of nitrogens with two attached hydrogens (primary N) is 1. The molecule has 1 amide bonds. The van der Waals surface area contributed by atoms with Gasteiger partial charge in [0, 0.05) is 6.92 Å². The number of pyridine rings is 1. The number of anilines is 2. The minimum Gasteiger partial charge on any atom is -0.384 e. The molecule has 0 aliphatic heterocycles. The van der Waals surface area contributed by atoms with E-state index in [4.69, 9.17) is 5.73 Å². The second-order valence-corrected chi connectivity index (χ2v) is 2.81. The van der Waals surface area contributed by atoms with E-state index in [0.717, 1.165) is 0 Å². The lowest BCUT2D eigenvalue weighted by Crippen LogP contribution is -2.31. The van der Waals surface area contributed by atoms with Gasteiger partial charge in [-0.3, -0.25) is 4.79 Å². The Balaban J connectivity index is 2.71. The molecule has 0 saturated carbocycles. The van der Waals surface area contributed by atoms with Crippen LogP contribution in [0, 0.1) is 0 Å². The van der Waals surface area contributed by atoms with Gasteiger partial charge in [-0.05, 0) is 12.1 Å². The van der Waals surface area contributed by atoms with Gasteiger partial charge in [-0.1, -0.05) is 0 Å². The second kappa shape index (κ2) is 3.57. The molecule has 3 N–H and O–H groups in total. The van der Waals surface area contributed by atoms with Crippen molar-refractivity contribution in [3.8, 4) is 0 Å². The number of nitrogen functional groups attached to an aromatic ring is 1. The number of rotatable bonds is 2. The summed E-state index contributed by atoms with van der Waals surface area (Å²) in [5, 5.41) is 2.00. The monoisotopic (exact) mass is 201 g/mol. The molecule has 0 unspecified atom stereocenters. The lowest BCUT2D eigenvalue weighted by molar-refractivity contribution is -0.137. The molecule has 0 saturated heterocycles. The third kappa shape index (κ3) is 2.65. The number of carbonyl (C=O) groups is 1. The highest BCUT2D eigenvalue weighted by Crippen LogP contribution is 2.15. The van der Waals surface area contributed by atoms with E-state index in [9.17, 15) is 13.6 Å². The number of amides is 1. The number of carbonyl (C=O) groups excluding carboxylic acids is 1. The highest BCUT2D eigenvalue weighted by molar-refractivity contribution is 5.95. The quantitative estimate of drug-likeness (QED) is 0.756. The number of hydrogen-bond donors (Lipinski definition) is 2. The van der Waals surface area contributed by atoms with E-state index in [2.05, 4.69) is 4.98 Å². The fraction of sp³-hybridized carbons (Fsp3) is 0.250. The van der Waals surface area contributed by atoms with Gasteiger partial charge < -0.3 is 11.1 Å². The summed E-state index contributed by atoms with van der Waals surface area (Å²) in [5.74, 6) is -4.52. The first-order valence-corrected chi connectivity index (χ1v) is 3.80. The highest BCUT2D eigenvalue weighted by atomic mass is 19.3. The maximum Gasteiger partial charge on any atom is 0.322 e. The first-order chi connectivity index (χ1) is 6.39. The Morgan fingerprint density at radius 3 is 2.64 bits per heavy atom. The Labute approximate surface area is 79.1 Å². The first-order valence-electron chi connectivity index (χ1n) is 3.80. The Kier molecular flexibility index (Phi) is 2.64. The largest absolute Gasteiger partial charge is 0.384 e. The van der Waals surface area contributed by atoms with Gasteiger partial charge in [0.15, 0.2) is 0 Å². The third-order valence-electron chi connectivity index (χ3n) is 1.44. The summed E-state index contributed by atoms with van der Waals surface area (Å²) in [4.78, 5) is 14.4. The second-order valence-electron chi connectivity index (χ2n) is 2.81. The fourth-order valence-electron chi connectivity index (χ4n) is 0.720. The fourth-order valence-corrected chi connectivity index (χ4v) is 0.720. The summed E-state index contributed by atoms with van der Waals surface area (Å²) in [7, 11) is 0. The van der Waals surface area contributed by atoms with Crippen LogP contribution in [0.2, 0.25) is 0 Å². The molecule has 0 aromatic carbocycles. The van der Waals surface area contributed by atoms with E-state index in [1.165, 1.54) is 18.3 Å². The molecule has 0 fully saturated rings. The minimum atomic E-state index is -3.40. The molecule has 1 heterocycles. The average Bonchev–Trinajstić information content (AvgIpc) is 2.07. The molecule has 1 aromatic heterocycles. The van der Waals surface area contributed by atoms with Gasteiger partial charge in [0.05, 0.1) is 11.9 Å². The Hall–Kier alpha value is -1.72. The van der Waals surface area contributed by atoms with E-state index in [0.29, 0.717) is 6.92 Å². The van der Waals surface area contributed by atoms with Crippen LogP contribution >= 0.6 is 0 Å². The summed E-state index contributed by atoms with van der Waals surface area (Å²) >= 11 is 0. The van der Waals surface area contributed by atoms with Crippen molar-refractivity contribution in [2.45, 2.75) is 12.8 Å². The van der Waals surface area contributed by atoms with E-state index in [1.54, 1.807) is 0 Å². The predicted molar refractivity (Wildman–Crippen MR) is 47.9 cm³/mol. The standard InChI is InChI=1S/C8H9F2N3O/c1-8(9,10)7(14)13-5-2-3-6(11)12-4-5/h2-4H,1H3,(H2,11,12)(H,13,14). The third-order valence-corrected chi connectivity index (χ3v) is 1.44. The molecule has 0 bridgehead atoms. The number of aromatic nitrogens is 1. The van der Waals surface area contributed by atoms with Crippen LogP contribution in [0.4, 0.5) is 20.3 Å². The maximum atomic E-state index is 12.4. The summed E-state index contributed by atoms with van der Waals surface area (Å²) in [6.45, 7) is 0.521. The van der Waals surface area contributed by atoms with E-state index < -0.39 is 11.8 Å². The van der Waals surface area contributed by atoms with Crippen molar-refractivity contribution >= 4 is 17.4 Å². The van der Waals surface area contributed by atoms with Crippen LogP contribution in [-0.2, 0) is 4.79 Å². The van der Waals surface area contributed by atoms with Crippen LogP contribution in [0.25, 0.3) is 0 Å². The molecule has 1 aromatic rings. The van der Waals surface area contributed by atoms with Crippen molar-refractivity contribution in [3.05, 3.63) is 18.3 Å². The number of hydrogen-bond acceptors (Lipinski definition) is 3. The van der Waals surface area contributed by atoms with Crippen molar-refractivity contribution < 1.29 is 13.6 Å². The van der Waals surface area contributed by atoms with Crippen LogP contribution in [0.5, 0.6) is 0 Å². The van der Waals surface area contributed by atoms with E-state index in [-0.39, 0.29) is 11.5 Å². The molecule has 4 nitrogen and oxygen atoms in total. The lowest BCUT2D eigenvalue weighted by atomic mass is 10.3. The van der Waals surface area contributed by atoms with Crippen molar-refractivity contribution in [2.24, 2.45) is 0 Å². The maximum absolute atomic E-state index is 12.4. The number of alkyl halides is 2. The molecule has 0 spiro atoms. The normalized spacial score (nSPS) is 11.1. The summed E-state index contributed by atoms with van der Waals surface area (Å²) < 4.78 is 24.8. The molecule has 6 heteroatoms. The Bertz CT molecular complexity index is 331. The van der Waals surface area contributed by atoms with E-state index >= 15 is 0 Å². The molecule has 1 rings (SSSR count). The van der Waals surface area contributed by atoms with Crippen molar-refractivity contribution in [3.63, 3.8) is 0 Å². The summed E-state index contributed by atoms with van der Waals surface area (Å²) in [6.07, 6.45) is 1.21. The van der Waals surface area contributed by atoms with Gasteiger partial charge in [0.1, 0.15) is 5.82 Å². The molecular weight excluding hydrogens is 192 g/mol. The van der Waals surface area contributed by atoms with Crippen LogP contribution < -0.4 is 11.1 Å². The zero-order chi connectivity index (χ0) is 10.8. The molecule has 0 aliphatic rings. The van der Waals surface area contributed by atoms with E-state index in [1.807, 2.05) is 5.32 Å². The Morgan fingerprint density at radius 1 is 1.57 bits per heavy atom. The molecule has 76 valence electrons. The van der Waals surface area contributed by atoms with Crippen molar-refractivity contribution in [1.29, 1.82) is 0 Å². The zero-order valence-electron chi connectivity index (χ0n) is 7.42. The lowest BCUT2D eigenvalue weighted by Gasteiger charge is -2.10. The summed E-state index contributed by atoms with van der Waals surface area (Å²) in [5.41, 5.74) is 5.46. The van der Waals surface area contributed by atoms with Gasteiger partial charge in [0.25, 0.3) is 5.91 Å². The minimum absolute atomic E-state index is 0.186. The first kappa shape index (κ1) is 10.4.